The van der Waals surface area contributed by atoms with Crippen LogP contribution in [0.2, 0.25) is 0 Å². The zero-order valence-corrected chi connectivity index (χ0v) is 85.2. The highest BCUT2D eigenvalue weighted by Crippen LogP contribution is 2.49. The molecule has 4 aliphatic heterocycles. The Balaban J connectivity index is 0.000000192. The van der Waals surface area contributed by atoms with Crippen LogP contribution in [0, 0.1) is 29.5 Å². The van der Waals surface area contributed by atoms with E-state index in [0.29, 0.717) is 180 Å². The Morgan fingerprint density at radius 2 is 0.655 bits per heavy atom. The topological polar surface area (TPSA) is 276 Å². The molecule has 0 saturated carbocycles. The summed E-state index contributed by atoms with van der Waals surface area (Å²) >= 11 is 0. The molecule has 1 aromatic heterocycles. The number of para-hydroxylation sites is 1. The van der Waals surface area contributed by atoms with Crippen LogP contribution in [0.3, 0.4) is 0 Å². The highest BCUT2D eigenvalue weighted by molar-refractivity contribution is 5.96. The van der Waals surface area contributed by atoms with Crippen LogP contribution < -0.4 is 4.74 Å². The van der Waals surface area contributed by atoms with Crippen LogP contribution in [0.5, 0.6) is 5.75 Å². The SMILES string of the molecule is C=CCN1CCC(C(O)(c2ccccc2)c2ccc(C(=O)N(CC)CC)cc2)CC1.CCN(CC)C(=O)c1ccc(C(O)(c2cccc(F)c2)C2CCN(C(=O)OC(C)(C)C)CC2)cc1.CCN(CC)C(=O)c1ccc(C(O)(c2cccc(OC)c2)C2CCN(C(=O)OC(C)(C)C)CC2)cc1.CCN(CC)C(=O)c1ccc(C(O)(c2cccc3cccnc23)C2CCN(C(=O)OC(C)(C)C)CC2)cc1. The van der Waals surface area contributed by atoms with Gasteiger partial charge in [0.1, 0.15) is 50.8 Å². The van der Waals surface area contributed by atoms with Crippen molar-refractivity contribution in [3.8, 4) is 5.75 Å². The number of benzene rings is 8. The van der Waals surface area contributed by atoms with Crippen molar-refractivity contribution in [1.29, 1.82) is 0 Å². The summed E-state index contributed by atoms with van der Waals surface area (Å²) < 4.78 is 36.3. The van der Waals surface area contributed by atoms with Gasteiger partial charge in [-0.3, -0.25) is 29.1 Å². The third-order valence-corrected chi connectivity index (χ3v) is 27.3. The van der Waals surface area contributed by atoms with Gasteiger partial charge in [0.2, 0.25) is 0 Å². The third-order valence-electron chi connectivity index (χ3n) is 27.3. The first-order valence-corrected chi connectivity index (χ1v) is 49.7. The number of hydrogen-bond donors (Lipinski definition) is 4. The lowest BCUT2D eigenvalue weighted by Crippen LogP contribution is -2.47. The first kappa shape index (κ1) is 109. The van der Waals surface area contributed by atoms with E-state index in [0.717, 1.165) is 65.6 Å². The predicted molar refractivity (Wildman–Crippen MR) is 545 cm³/mol. The zero-order chi connectivity index (χ0) is 101. The monoisotopic (exact) mass is 1900 g/mol. The number of carbonyl (C=O) groups is 7. The number of halogens is 1. The summed E-state index contributed by atoms with van der Waals surface area (Å²) in [4.78, 5) is 108. The van der Waals surface area contributed by atoms with Crippen LogP contribution in [0.15, 0.2) is 225 Å². The number of pyridine rings is 1. The van der Waals surface area contributed by atoms with Crippen molar-refractivity contribution in [2.75, 3.05) is 118 Å². The number of piperidine rings is 4. The molecular weight excluding hydrogens is 1750 g/mol. The number of ether oxygens (including phenoxy) is 4. The first-order chi connectivity index (χ1) is 66.1. The molecule has 13 rings (SSSR count). The van der Waals surface area contributed by atoms with Crippen molar-refractivity contribution in [2.45, 2.75) is 208 Å². The molecule has 0 aliphatic carbocycles. The third kappa shape index (κ3) is 26.8. The number of carbonyl (C=O) groups excluding carboxylic acids is 7. The molecule has 4 N–H and O–H groups in total. The van der Waals surface area contributed by atoms with E-state index in [-0.39, 0.29) is 65.6 Å². The molecule has 4 fully saturated rings. The van der Waals surface area contributed by atoms with Gasteiger partial charge in [-0.1, -0.05) is 133 Å². The lowest BCUT2D eigenvalue weighted by atomic mass is 9.71. The number of hydrogen-bond acceptors (Lipinski definition) is 17. The summed E-state index contributed by atoms with van der Waals surface area (Å²) in [6, 6.07) is 62.3. The minimum absolute atomic E-state index is 0.0254. The average Bonchev–Trinajstić information content (AvgIpc) is 0.771. The van der Waals surface area contributed by atoms with Gasteiger partial charge >= 0.3 is 18.3 Å². The maximum Gasteiger partial charge on any atom is 0.410 e. The summed E-state index contributed by atoms with van der Waals surface area (Å²) in [7, 11) is 1.60. The normalized spacial score (nSPS) is 16.5. The summed E-state index contributed by atoms with van der Waals surface area (Å²) in [6.45, 7) is 46.9. The van der Waals surface area contributed by atoms with E-state index in [1.165, 1.54) is 12.1 Å². The van der Waals surface area contributed by atoms with Crippen LogP contribution in [0.25, 0.3) is 10.9 Å². The second-order valence-corrected chi connectivity index (χ2v) is 39.4. The largest absolute Gasteiger partial charge is 0.497 e. The Hall–Kier alpha value is -11.9. The molecule has 7 amide bonds. The van der Waals surface area contributed by atoms with Crippen molar-refractivity contribution in [3.63, 3.8) is 0 Å². The minimum Gasteiger partial charge on any atom is -0.497 e. The molecule has 0 radical (unpaired) electrons. The molecule has 4 atom stereocenters. The van der Waals surface area contributed by atoms with Crippen molar-refractivity contribution in [2.24, 2.45) is 23.7 Å². The molecule has 0 spiro atoms. The fraction of sp³-hybridized carbons (Fsp3) is 0.474. The van der Waals surface area contributed by atoms with E-state index in [9.17, 15) is 58.4 Å². The number of aliphatic hydroxyl groups is 4. The van der Waals surface area contributed by atoms with Gasteiger partial charge in [-0.25, -0.2) is 18.8 Å². The molecule has 25 heteroatoms. The highest BCUT2D eigenvalue weighted by atomic mass is 19.1. The van der Waals surface area contributed by atoms with Crippen molar-refractivity contribution in [3.05, 3.63) is 298 Å². The van der Waals surface area contributed by atoms with Gasteiger partial charge in [-0.05, 0) is 324 Å². The maximum atomic E-state index is 14.2. The lowest BCUT2D eigenvalue weighted by Gasteiger charge is -2.42. The summed E-state index contributed by atoms with van der Waals surface area (Å²) in [5.41, 5.74) is 1.91. The molecule has 4 aliphatic rings. The van der Waals surface area contributed by atoms with Crippen LogP contribution in [0.4, 0.5) is 18.8 Å². The Kier molecular flexibility index (Phi) is 38.3. The first-order valence-electron chi connectivity index (χ1n) is 49.7. The van der Waals surface area contributed by atoms with Crippen molar-refractivity contribution in [1.82, 2.24) is 44.2 Å². The van der Waals surface area contributed by atoms with E-state index >= 15 is 0 Å². The Labute approximate surface area is 823 Å². The summed E-state index contributed by atoms with van der Waals surface area (Å²) in [5, 5.41) is 50.2. The standard InChI is InChI=1S/C31H39N3O4.C29H40N2O5.C28H37FN2O4.C26H34N2O2/c1-6-33(7-2)28(35)23-13-15-24(16-14-23)31(37,26-12-8-10-22-11-9-19-32-27(22)26)25-17-20-34(21-18-25)29(36)38-30(3,4)5;1-7-30(8-2)26(32)21-12-14-22(15-13-21)29(34,24-10-9-11-25(20-24)35-6)23-16-18-31(19-17-23)27(33)36-28(3,4)5;1-6-30(7-2)25(32)20-11-13-21(14-12-20)28(34,23-9-8-10-24(29)19-23)22-15-17-31(18-16-22)26(33)35-27(3,4)5;1-4-18-27-19-16-24(17-20-27)26(30,22-10-8-7-9-11-22)23-14-12-21(13-15-23)25(29)28(5-2)6-3/h8-16,19,25,37H,6-7,17-18,20-21H2,1-5H3;9-15,20,23,34H,7-8,16-19H2,1-6H3;8-14,19,22,34H,6-7,15-18H2,1-5H3;4,7-15,24,30H,1,5-6,16-20H2,2-3H3. The van der Waals surface area contributed by atoms with Crippen LogP contribution in [-0.2, 0) is 36.6 Å². The number of methoxy groups -OCH3 is 1. The number of aromatic nitrogens is 1. The highest BCUT2D eigenvalue weighted by Gasteiger charge is 2.48. The van der Waals surface area contributed by atoms with E-state index < -0.39 is 45.0 Å². The number of amides is 7. The second-order valence-electron chi connectivity index (χ2n) is 39.4. The minimum atomic E-state index is -1.47. The van der Waals surface area contributed by atoms with Crippen LogP contribution in [-0.4, -0.2) is 242 Å². The van der Waals surface area contributed by atoms with Gasteiger partial charge in [0.05, 0.1) is 12.6 Å². The Bertz CT molecular complexity index is 5500. The number of fused-ring (bicyclic) bond motifs is 1. The maximum absolute atomic E-state index is 14.2. The van der Waals surface area contributed by atoms with Gasteiger partial charge in [-0.2, -0.15) is 0 Å². The summed E-state index contributed by atoms with van der Waals surface area (Å²) in [6.07, 6.45) is 7.93. The van der Waals surface area contributed by atoms with Gasteiger partial charge in [0, 0.05) is 138 Å². The Morgan fingerprint density at radius 3 is 0.978 bits per heavy atom. The van der Waals surface area contributed by atoms with Gasteiger partial charge < -0.3 is 73.7 Å². The molecule has 5 heterocycles. The Morgan fingerprint density at radius 1 is 0.367 bits per heavy atom. The van der Waals surface area contributed by atoms with E-state index in [1.807, 2.05) is 262 Å². The van der Waals surface area contributed by atoms with Crippen molar-refractivity contribution >= 4 is 52.8 Å². The molecule has 9 aromatic rings. The molecule has 748 valence electrons. The zero-order valence-electron chi connectivity index (χ0n) is 85.2. The fourth-order valence-electron chi connectivity index (χ4n) is 19.6. The van der Waals surface area contributed by atoms with E-state index in [2.05, 4.69) is 16.5 Å². The number of likely N-dealkylation sites (tertiary alicyclic amines) is 4. The van der Waals surface area contributed by atoms with Crippen LogP contribution in [0.1, 0.15) is 255 Å². The van der Waals surface area contributed by atoms with E-state index in [4.69, 9.17) is 18.9 Å². The number of rotatable bonds is 27. The molecule has 4 saturated heterocycles. The molecule has 139 heavy (non-hydrogen) atoms. The number of nitrogens with zero attached hydrogens (tertiary/aromatic N) is 9. The molecular formula is C114H150FN9O15. The van der Waals surface area contributed by atoms with Crippen molar-refractivity contribution < 1.29 is 77.3 Å². The lowest BCUT2D eigenvalue weighted by molar-refractivity contribution is -0.0239. The summed E-state index contributed by atoms with van der Waals surface area (Å²) in [5.74, 6) is -0.312. The molecule has 4 unspecified atom stereocenters. The molecule has 24 nitrogen and oxygen atoms in total. The van der Waals surface area contributed by atoms with Gasteiger partial charge in [0.25, 0.3) is 23.6 Å². The average molecular weight is 1910 g/mol. The fourth-order valence-corrected chi connectivity index (χ4v) is 19.6. The van der Waals surface area contributed by atoms with Crippen LogP contribution >= 0.6 is 0 Å². The predicted octanol–water partition coefficient (Wildman–Crippen LogP) is 20.2. The van der Waals surface area contributed by atoms with Gasteiger partial charge in [0.15, 0.2) is 0 Å². The second kappa shape index (κ2) is 48.8. The van der Waals surface area contributed by atoms with E-state index in [1.54, 1.807) is 103 Å². The molecule has 0 bridgehead atoms. The smallest absolute Gasteiger partial charge is 0.410 e. The molecule has 8 aromatic carbocycles. The quantitative estimate of drug-likeness (QED) is 0.0275. The van der Waals surface area contributed by atoms with Gasteiger partial charge in [-0.15, -0.1) is 6.58 Å².